The van der Waals surface area contributed by atoms with Crippen molar-refractivity contribution in [2.24, 2.45) is 28.9 Å². The molecule has 3 fully saturated rings. The van der Waals surface area contributed by atoms with E-state index in [1.54, 1.807) is 0 Å². The topological polar surface area (TPSA) is 64.4 Å². The first-order valence-corrected chi connectivity index (χ1v) is 7.81. The van der Waals surface area contributed by atoms with Gasteiger partial charge >= 0.3 is 0 Å². The van der Waals surface area contributed by atoms with Gasteiger partial charge in [0.2, 0.25) is 5.91 Å². The van der Waals surface area contributed by atoms with Crippen LogP contribution in [0.2, 0.25) is 0 Å². The van der Waals surface area contributed by atoms with Crippen molar-refractivity contribution in [3.05, 3.63) is 0 Å². The van der Waals surface area contributed by atoms with E-state index in [-0.39, 0.29) is 11.3 Å². The lowest BCUT2D eigenvalue weighted by molar-refractivity contribution is -0.136. The maximum absolute atomic E-state index is 12.5. The van der Waals surface area contributed by atoms with E-state index >= 15 is 0 Å². The maximum Gasteiger partial charge on any atom is 0.227 e. The third-order valence-corrected chi connectivity index (χ3v) is 5.28. The van der Waals surface area contributed by atoms with E-state index in [1.165, 1.54) is 25.7 Å². The van der Waals surface area contributed by atoms with Crippen LogP contribution in [0.4, 0.5) is 0 Å². The first kappa shape index (κ1) is 13.4. The lowest BCUT2D eigenvalue weighted by Gasteiger charge is -2.35. The minimum absolute atomic E-state index is 0.171. The second-order valence-corrected chi connectivity index (χ2v) is 6.65. The van der Waals surface area contributed by atoms with E-state index < -0.39 is 0 Å². The van der Waals surface area contributed by atoms with Gasteiger partial charge in [0.25, 0.3) is 0 Å². The highest BCUT2D eigenvalue weighted by molar-refractivity contribution is 5.83. The third-order valence-electron chi connectivity index (χ3n) is 5.28. The highest BCUT2D eigenvalue weighted by Gasteiger charge is 2.43. The standard InChI is InChI=1S/C15H26N2O2/c16-10-15(5-7-19-8-6-15)14(18)17-9-13(11-1-2-11)12-3-4-12/h11-13H,1-10,16H2,(H,17,18). The first-order chi connectivity index (χ1) is 9.25. The average molecular weight is 266 g/mol. The minimum atomic E-state index is -0.365. The minimum Gasteiger partial charge on any atom is -0.381 e. The van der Waals surface area contributed by atoms with Gasteiger partial charge in [-0.1, -0.05) is 0 Å². The highest BCUT2D eigenvalue weighted by atomic mass is 16.5. The Bertz CT molecular complexity index is 319. The molecule has 2 saturated carbocycles. The molecule has 0 aromatic rings. The molecule has 0 unspecified atom stereocenters. The van der Waals surface area contributed by atoms with Gasteiger partial charge < -0.3 is 15.8 Å². The molecular formula is C15H26N2O2. The molecule has 19 heavy (non-hydrogen) atoms. The molecule has 2 aliphatic carbocycles. The summed E-state index contributed by atoms with van der Waals surface area (Å²) in [5.41, 5.74) is 5.51. The summed E-state index contributed by atoms with van der Waals surface area (Å²) >= 11 is 0. The van der Waals surface area contributed by atoms with Crippen LogP contribution in [0.25, 0.3) is 0 Å². The number of carbonyl (C=O) groups excluding carboxylic acids is 1. The quantitative estimate of drug-likeness (QED) is 0.761. The number of ether oxygens (including phenoxy) is 1. The monoisotopic (exact) mass is 266 g/mol. The molecule has 1 heterocycles. The number of carbonyl (C=O) groups is 1. The van der Waals surface area contributed by atoms with Gasteiger partial charge in [-0.3, -0.25) is 4.79 Å². The van der Waals surface area contributed by atoms with Gasteiger partial charge in [-0.15, -0.1) is 0 Å². The zero-order valence-corrected chi connectivity index (χ0v) is 11.7. The summed E-state index contributed by atoms with van der Waals surface area (Å²) in [6.45, 7) is 2.65. The van der Waals surface area contributed by atoms with E-state index in [0.29, 0.717) is 19.8 Å². The van der Waals surface area contributed by atoms with Crippen LogP contribution in [-0.4, -0.2) is 32.2 Å². The van der Waals surface area contributed by atoms with Crippen LogP contribution in [-0.2, 0) is 9.53 Å². The Kier molecular flexibility index (Phi) is 3.81. The van der Waals surface area contributed by atoms with Crippen molar-refractivity contribution >= 4 is 5.91 Å². The molecule has 3 rings (SSSR count). The van der Waals surface area contributed by atoms with Crippen LogP contribution in [0.15, 0.2) is 0 Å². The molecule has 4 heteroatoms. The molecule has 0 radical (unpaired) electrons. The molecular weight excluding hydrogens is 240 g/mol. The molecule has 1 saturated heterocycles. The second kappa shape index (κ2) is 5.41. The fraction of sp³-hybridized carbons (Fsp3) is 0.933. The van der Waals surface area contributed by atoms with Crippen molar-refractivity contribution in [2.75, 3.05) is 26.3 Å². The van der Waals surface area contributed by atoms with Crippen LogP contribution in [0.5, 0.6) is 0 Å². The number of rotatable bonds is 6. The zero-order valence-electron chi connectivity index (χ0n) is 11.7. The Morgan fingerprint density at radius 3 is 2.26 bits per heavy atom. The predicted octanol–water partition coefficient (Wildman–Crippen LogP) is 1.29. The Hall–Kier alpha value is -0.610. The van der Waals surface area contributed by atoms with Crippen molar-refractivity contribution in [1.82, 2.24) is 5.32 Å². The summed E-state index contributed by atoms with van der Waals surface area (Å²) in [4.78, 5) is 12.5. The summed E-state index contributed by atoms with van der Waals surface area (Å²) in [6.07, 6.45) is 7.01. The highest BCUT2D eigenvalue weighted by Crippen LogP contribution is 2.48. The zero-order chi connectivity index (χ0) is 13.3. The van der Waals surface area contributed by atoms with E-state index in [2.05, 4.69) is 5.32 Å². The van der Waals surface area contributed by atoms with Crippen LogP contribution in [0.3, 0.4) is 0 Å². The molecule has 0 aromatic carbocycles. The molecule has 108 valence electrons. The summed E-state index contributed by atoms with van der Waals surface area (Å²) in [7, 11) is 0. The molecule has 0 atom stereocenters. The van der Waals surface area contributed by atoms with E-state index in [4.69, 9.17) is 10.5 Å². The van der Waals surface area contributed by atoms with Gasteiger partial charge in [-0.25, -0.2) is 0 Å². The van der Waals surface area contributed by atoms with Crippen molar-refractivity contribution in [1.29, 1.82) is 0 Å². The van der Waals surface area contributed by atoms with Gasteiger partial charge in [-0.05, 0) is 56.3 Å². The second-order valence-electron chi connectivity index (χ2n) is 6.65. The molecule has 1 amide bonds. The van der Waals surface area contributed by atoms with Gasteiger partial charge in [-0.2, -0.15) is 0 Å². The van der Waals surface area contributed by atoms with E-state index in [0.717, 1.165) is 37.1 Å². The number of amides is 1. The SMILES string of the molecule is NCC1(C(=O)NCC(C2CC2)C2CC2)CCOCC1. The van der Waals surface area contributed by atoms with Gasteiger partial charge in [0.05, 0.1) is 5.41 Å². The Balaban J connectivity index is 1.54. The molecule has 0 bridgehead atoms. The lowest BCUT2D eigenvalue weighted by atomic mass is 9.79. The molecule has 3 aliphatic rings. The Morgan fingerprint density at radius 1 is 1.21 bits per heavy atom. The maximum atomic E-state index is 12.5. The van der Waals surface area contributed by atoms with Gasteiger partial charge in [0, 0.05) is 26.3 Å². The smallest absolute Gasteiger partial charge is 0.227 e. The van der Waals surface area contributed by atoms with E-state index in [1.807, 2.05) is 0 Å². The Labute approximate surface area is 115 Å². The third kappa shape index (κ3) is 2.95. The molecule has 3 N–H and O–H groups in total. The lowest BCUT2D eigenvalue weighted by Crippen LogP contribution is -2.50. The van der Waals surface area contributed by atoms with Crippen molar-refractivity contribution < 1.29 is 9.53 Å². The summed E-state index contributed by atoms with van der Waals surface area (Å²) < 4.78 is 5.36. The Morgan fingerprint density at radius 2 is 1.79 bits per heavy atom. The molecule has 1 aliphatic heterocycles. The first-order valence-electron chi connectivity index (χ1n) is 7.81. The van der Waals surface area contributed by atoms with Crippen LogP contribution in [0.1, 0.15) is 38.5 Å². The van der Waals surface area contributed by atoms with E-state index in [9.17, 15) is 4.79 Å². The number of nitrogens with one attached hydrogen (secondary N) is 1. The largest absolute Gasteiger partial charge is 0.381 e. The average Bonchev–Trinajstić information content (AvgIpc) is 3.32. The fourth-order valence-corrected chi connectivity index (χ4v) is 3.45. The summed E-state index contributed by atoms with van der Waals surface area (Å²) in [6, 6.07) is 0. The number of hydrogen-bond acceptors (Lipinski definition) is 3. The normalized spacial score (nSPS) is 26.4. The van der Waals surface area contributed by atoms with Crippen molar-refractivity contribution in [3.8, 4) is 0 Å². The summed E-state index contributed by atoms with van der Waals surface area (Å²) in [5, 5.41) is 3.21. The molecule has 4 nitrogen and oxygen atoms in total. The predicted molar refractivity (Wildman–Crippen MR) is 73.5 cm³/mol. The van der Waals surface area contributed by atoms with Crippen LogP contribution in [0, 0.1) is 23.2 Å². The molecule has 0 aromatic heterocycles. The van der Waals surface area contributed by atoms with Gasteiger partial charge in [0.15, 0.2) is 0 Å². The van der Waals surface area contributed by atoms with Crippen LogP contribution < -0.4 is 11.1 Å². The number of hydrogen-bond donors (Lipinski definition) is 2. The summed E-state index contributed by atoms with van der Waals surface area (Å²) in [5.74, 6) is 2.68. The number of nitrogens with two attached hydrogens (primary N) is 1. The van der Waals surface area contributed by atoms with Crippen LogP contribution >= 0.6 is 0 Å². The fourth-order valence-electron chi connectivity index (χ4n) is 3.45. The van der Waals surface area contributed by atoms with Gasteiger partial charge in [0.1, 0.15) is 0 Å². The van der Waals surface area contributed by atoms with Crippen molar-refractivity contribution in [3.63, 3.8) is 0 Å². The van der Waals surface area contributed by atoms with Crippen molar-refractivity contribution in [2.45, 2.75) is 38.5 Å². The molecule has 0 spiro atoms.